The summed E-state index contributed by atoms with van der Waals surface area (Å²) in [5.74, 6) is -0.533. The first-order valence-corrected chi connectivity index (χ1v) is 12.1. The summed E-state index contributed by atoms with van der Waals surface area (Å²) in [7, 11) is 1.66. The van der Waals surface area contributed by atoms with Crippen molar-refractivity contribution in [1.82, 2.24) is 15.1 Å². The van der Waals surface area contributed by atoms with E-state index in [0.717, 1.165) is 31.4 Å². The van der Waals surface area contributed by atoms with Gasteiger partial charge in [0.2, 0.25) is 24.1 Å². The van der Waals surface area contributed by atoms with Crippen molar-refractivity contribution in [2.24, 2.45) is 5.92 Å². The molecule has 3 rings (SSSR count). The minimum absolute atomic E-state index is 0.0606. The van der Waals surface area contributed by atoms with Crippen LogP contribution in [0.25, 0.3) is 0 Å². The molecule has 8 nitrogen and oxygen atoms in total. The summed E-state index contributed by atoms with van der Waals surface area (Å²) in [5.41, 5.74) is 3.92. The molecule has 0 bridgehead atoms. The highest BCUT2D eigenvalue weighted by molar-refractivity contribution is 6.01. The van der Waals surface area contributed by atoms with Gasteiger partial charge in [0, 0.05) is 24.9 Å². The number of amides is 4. The van der Waals surface area contributed by atoms with Gasteiger partial charge in [0.1, 0.15) is 6.04 Å². The Labute approximate surface area is 201 Å². The van der Waals surface area contributed by atoms with Gasteiger partial charge in [-0.2, -0.15) is 0 Å². The Morgan fingerprint density at radius 3 is 2.62 bits per heavy atom. The minimum atomic E-state index is -0.516. The number of fused-ring (bicyclic) bond motifs is 1. The zero-order chi connectivity index (χ0) is 24.8. The van der Waals surface area contributed by atoms with E-state index in [9.17, 15) is 19.2 Å². The van der Waals surface area contributed by atoms with E-state index >= 15 is 0 Å². The highest BCUT2D eigenvalue weighted by Crippen LogP contribution is 2.26. The molecule has 8 heteroatoms. The lowest BCUT2D eigenvalue weighted by Crippen LogP contribution is -2.45. The van der Waals surface area contributed by atoms with E-state index in [1.165, 1.54) is 11.1 Å². The minimum Gasteiger partial charge on any atom is -0.350 e. The van der Waals surface area contributed by atoms with Gasteiger partial charge in [-0.1, -0.05) is 26.0 Å². The quantitative estimate of drug-likeness (QED) is 0.429. The number of benzene rings is 1. The zero-order valence-corrected chi connectivity index (χ0v) is 20.6. The van der Waals surface area contributed by atoms with E-state index in [1.54, 1.807) is 29.8 Å². The smallest absolute Gasteiger partial charge is 0.249 e. The van der Waals surface area contributed by atoms with Crippen LogP contribution in [0, 0.1) is 5.92 Å². The van der Waals surface area contributed by atoms with E-state index in [4.69, 9.17) is 0 Å². The lowest BCUT2D eigenvalue weighted by Gasteiger charge is -2.30. The highest BCUT2D eigenvalue weighted by atomic mass is 16.2. The molecule has 2 N–H and O–H groups in total. The van der Waals surface area contributed by atoms with Gasteiger partial charge < -0.3 is 20.4 Å². The van der Waals surface area contributed by atoms with Crippen LogP contribution < -0.4 is 10.6 Å². The Kier molecular flexibility index (Phi) is 8.47. The fourth-order valence-corrected chi connectivity index (χ4v) is 4.88. The van der Waals surface area contributed by atoms with Gasteiger partial charge in [-0.25, -0.2) is 0 Å². The maximum absolute atomic E-state index is 13.3. The summed E-state index contributed by atoms with van der Waals surface area (Å²) in [6.45, 7) is 6.10. The molecule has 1 aliphatic heterocycles. The number of carbonyl (C=O) groups is 4. The van der Waals surface area contributed by atoms with Crippen molar-refractivity contribution < 1.29 is 19.2 Å². The maximum atomic E-state index is 13.3. The van der Waals surface area contributed by atoms with Gasteiger partial charge in [0.05, 0.1) is 12.6 Å². The van der Waals surface area contributed by atoms with E-state index in [1.807, 2.05) is 26.0 Å². The second kappa shape index (κ2) is 11.3. The Bertz CT molecular complexity index is 972. The van der Waals surface area contributed by atoms with Crippen LogP contribution in [-0.4, -0.2) is 66.2 Å². The molecule has 1 fully saturated rings. The third-order valence-electron chi connectivity index (χ3n) is 6.80. The van der Waals surface area contributed by atoms with Gasteiger partial charge in [-0.15, -0.1) is 0 Å². The second-order valence-electron chi connectivity index (χ2n) is 9.57. The van der Waals surface area contributed by atoms with Crippen LogP contribution >= 0.6 is 0 Å². The lowest BCUT2D eigenvalue weighted by atomic mass is 9.99. The van der Waals surface area contributed by atoms with Crippen molar-refractivity contribution in [2.45, 2.75) is 65.0 Å². The number of aryl methyl sites for hydroxylation is 2. The van der Waals surface area contributed by atoms with Crippen molar-refractivity contribution in [1.29, 1.82) is 0 Å². The molecule has 2 atom stereocenters. The number of likely N-dealkylation sites (N-methyl/N-ethyl adjacent to an activating group) is 1. The van der Waals surface area contributed by atoms with Crippen LogP contribution in [-0.2, 0) is 32.0 Å². The van der Waals surface area contributed by atoms with Crippen LogP contribution in [0.3, 0.4) is 0 Å². The molecular weight excluding hydrogens is 432 g/mol. The molecule has 0 spiro atoms. The fourth-order valence-electron chi connectivity index (χ4n) is 4.88. The van der Waals surface area contributed by atoms with Crippen molar-refractivity contribution in [3.8, 4) is 0 Å². The molecule has 1 saturated heterocycles. The summed E-state index contributed by atoms with van der Waals surface area (Å²) in [5, 5.41) is 5.39. The van der Waals surface area contributed by atoms with Crippen LogP contribution in [0.1, 0.15) is 51.2 Å². The SMILES string of the molecule is CC(=C[C@H](C(C)C)N(C)C(=O)CNC=O)C(=O)N1CCC[C@H]1C(=O)Nc1ccc2c(c1)CCC2. The van der Waals surface area contributed by atoms with Gasteiger partial charge in [-0.05, 0) is 68.2 Å². The average molecular weight is 469 g/mol. The average Bonchev–Trinajstić information content (AvgIpc) is 3.48. The summed E-state index contributed by atoms with van der Waals surface area (Å²) < 4.78 is 0. The zero-order valence-electron chi connectivity index (χ0n) is 20.6. The van der Waals surface area contributed by atoms with Crippen LogP contribution in [0.15, 0.2) is 29.8 Å². The molecule has 0 aromatic heterocycles. The summed E-state index contributed by atoms with van der Waals surface area (Å²) in [4.78, 5) is 52.4. The second-order valence-corrected chi connectivity index (χ2v) is 9.57. The molecule has 1 aliphatic carbocycles. The van der Waals surface area contributed by atoms with E-state index in [0.29, 0.717) is 24.9 Å². The standard InChI is InChI=1S/C26H36N4O4/c1-17(2)23(29(4)24(32)15-27-16-31)13-18(3)26(34)30-12-6-9-22(30)25(33)28-21-11-10-19-7-5-8-20(19)14-21/h10-11,13-14,16-17,22-23H,5-9,12,15H2,1-4H3,(H,27,31)(H,28,33)/t22-,23+/m0/s1. The summed E-state index contributed by atoms with van der Waals surface area (Å²) in [6, 6.07) is 5.24. The number of hydrogen-bond acceptors (Lipinski definition) is 4. The first-order chi connectivity index (χ1) is 16.2. The van der Waals surface area contributed by atoms with Gasteiger partial charge in [0.15, 0.2) is 0 Å². The number of rotatable bonds is 9. The number of hydrogen-bond donors (Lipinski definition) is 2. The molecule has 0 saturated carbocycles. The third kappa shape index (κ3) is 5.85. The molecule has 2 aliphatic rings. The maximum Gasteiger partial charge on any atom is 0.249 e. The fraction of sp³-hybridized carbons (Fsp3) is 0.538. The van der Waals surface area contributed by atoms with E-state index < -0.39 is 6.04 Å². The Morgan fingerprint density at radius 2 is 1.91 bits per heavy atom. The van der Waals surface area contributed by atoms with Crippen molar-refractivity contribution >= 4 is 29.8 Å². The molecule has 0 radical (unpaired) electrons. The topological polar surface area (TPSA) is 98.8 Å². The first kappa shape index (κ1) is 25.5. The third-order valence-corrected chi connectivity index (χ3v) is 6.80. The van der Waals surface area contributed by atoms with Crippen LogP contribution in [0.5, 0.6) is 0 Å². The van der Waals surface area contributed by atoms with Crippen molar-refractivity contribution in [3.63, 3.8) is 0 Å². The van der Waals surface area contributed by atoms with Crippen LogP contribution in [0.4, 0.5) is 5.69 Å². The van der Waals surface area contributed by atoms with Crippen LogP contribution in [0.2, 0.25) is 0 Å². The molecule has 1 aromatic carbocycles. The number of carbonyl (C=O) groups excluding carboxylic acids is 4. The summed E-state index contributed by atoms with van der Waals surface area (Å²) in [6.07, 6.45) is 6.95. The molecule has 4 amide bonds. The molecule has 34 heavy (non-hydrogen) atoms. The van der Waals surface area contributed by atoms with E-state index in [2.05, 4.69) is 16.7 Å². The summed E-state index contributed by atoms with van der Waals surface area (Å²) >= 11 is 0. The Morgan fingerprint density at radius 1 is 1.18 bits per heavy atom. The number of likely N-dealkylation sites (tertiary alicyclic amines) is 1. The van der Waals surface area contributed by atoms with Gasteiger partial charge in [0.25, 0.3) is 0 Å². The Hall–Kier alpha value is -3.16. The highest BCUT2D eigenvalue weighted by Gasteiger charge is 2.35. The number of nitrogens with zero attached hydrogens (tertiary/aromatic N) is 2. The van der Waals surface area contributed by atoms with E-state index in [-0.39, 0.29) is 36.2 Å². The predicted octanol–water partition coefficient (Wildman–Crippen LogP) is 2.28. The number of anilines is 1. The largest absolute Gasteiger partial charge is 0.350 e. The normalized spacial score (nSPS) is 18.4. The molecular formula is C26H36N4O4. The van der Waals surface area contributed by atoms with Crippen molar-refractivity contribution in [3.05, 3.63) is 41.0 Å². The number of nitrogens with one attached hydrogen (secondary N) is 2. The first-order valence-electron chi connectivity index (χ1n) is 12.1. The van der Waals surface area contributed by atoms with Gasteiger partial charge in [-0.3, -0.25) is 19.2 Å². The monoisotopic (exact) mass is 468 g/mol. The predicted molar refractivity (Wildman–Crippen MR) is 131 cm³/mol. The Balaban J connectivity index is 1.69. The molecule has 1 aromatic rings. The van der Waals surface area contributed by atoms with Crippen molar-refractivity contribution in [2.75, 3.05) is 25.5 Å². The molecule has 1 heterocycles. The molecule has 184 valence electrons. The van der Waals surface area contributed by atoms with Gasteiger partial charge >= 0.3 is 0 Å². The molecule has 0 unspecified atom stereocenters. The lowest BCUT2D eigenvalue weighted by molar-refractivity contribution is -0.133.